The molecule has 0 saturated carbocycles. The van der Waals surface area contributed by atoms with Gasteiger partial charge in [0.2, 0.25) is 0 Å². The second-order valence-electron chi connectivity index (χ2n) is 3.85. The summed E-state index contributed by atoms with van der Waals surface area (Å²) in [6, 6.07) is 4.84. The third kappa shape index (κ3) is 3.63. The average Bonchev–Trinajstić information content (AvgIpc) is 2.25. The van der Waals surface area contributed by atoms with E-state index < -0.39 is 17.5 Å². The zero-order valence-electron chi connectivity index (χ0n) is 10.3. The lowest BCUT2D eigenvalue weighted by molar-refractivity contribution is -0.113. The van der Waals surface area contributed by atoms with Gasteiger partial charge in [0.15, 0.2) is 5.78 Å². The van der Waals surface area contributed by atoms with E-state index in [0.29, 0.717) is 11.6 Å². The minimum atomic E-state index is -4.53. The molecule has 1 aromatic carbocycles. The Balaban J connectivity index is 3.43. The van der Waals surface area contributed by atoms with Crippen LogP contribution in [0.4, 0.5) is 13.2 Å². The van der Waals surface area contributed by atoms with Crippen LogP contribution in [-0.4, -0.2) is 18.2 Å². The van der Waals surface area contributed by atoms with Gasteiger partial charge in [0.25, 0.3) is 0 Å². The van der Waals surface area contributed by atoms with Crippen LogP contribution in [0.3, 0.4) is 0 Å². The molecule has 0 saturated heterocycles. The second kappa shape index (κ2) is 5.61. The molecule has 0 unspecified atom stereocenters. The van der Waals surface area contributed by atoms with E-state index in [0.717, 1.165) is 11.8 Å². The number of thioether (sulfide) groups is 1. The summed E-state index contributed by atoms with van der Waals surface area (Å²) in [4.78, 5) is 11.7. The average molecular weight is 274 g/mol. The van der Waals surface area contributed by atoms with Gasteiger partial charge >= 0.3 is 6.18 Å². The Bertz CT molecular complexity index is 489. The third-order valence-electron chi connectivity index (χ3n) is 2.39. The monoisotopic (exact) mass is 274 g/mol. The number of halogens is 3. The molecule has 0 bridgehead atoms. The van der Waals surface area contributed by atoms with Crippen molar-refractivity contribution in [1.82, 2.24) is 0 Å². The predicted octanol–water partition coefficient (Wildman–Crippen LogP) is 4.25. The minimum Gasteiger partial charge on any atom is -0.295 e. The fourth-order valence-electron chi connectivity index (χ4n) is 1.53. The number of alkyl halides is 3. The maximum atomic E-state index is 13.0. The molecule has 1 rings (SSSR count). The Hall–Kier alpha value is -1.23. The fraction of sp³-hybridized carbons (Fsp3) is 0.308. The first-order valence-corrected chi connectivity index (χ1v) is 6.42. The van der Waals surface area contributed by atoms with Crippen LogP contribution in [0, 0.1) is 6.92 Å². The van der Waals surface area contributed by atoms with Crippen LogP contribution < -0.4 is 0 Å². The molecule has 0 aliphatic heterocycles. The lowest BCUT2D eigenvalue weighted by Crippen LogP contribution is -2.13. The van der Waals surface area contributed by atoms with Gasteiger partial charge in [0.1, 0.15) is 0 Å². The van der Waals surface area contributed by atoms with E-state index in [-0.39, 0.29) is 5.56 Å². The molecular weight excluding hydrogens is 261 g/mol. The quantitative estimate of drug-likeness (QED) is 0.605. The van der Waals surface area contributed by atoms with E-state index in [1.807, 2.05) is 0 Å². The number of rotatable bonds is 3. The van der Waals surface area contributed by atoms with E-state index in [9.17, 15) is 18.0 Å². The molecule has 0 aliphatic rings. The molecule has 0 N–H and O–H groups in total. The Kier molecular flexibility index (Phi) is 4.62. The van der Waals surface area contributed by atoms with Gasteiger partial charge in [-0.25, -0.2) is 0 Å². The number of benzene rings is 1. The van der Waals surface area contributed by atoms with Crippen molar-refractivity contribution in [3.63, 3.8) is 0 Å². The topological polar surface area (TPSA) is 17.1 Å². The van der Waals surface area contributed by atoms with Crippen molar-refractivity contribution in [2.75, 3.05) is 6.26 Å². The lowest BCUT2D eigenvalue weighted by atomic mass is 9.99. The maximum absolute atomic E-state index is 13.0. The summed E-state index contributed by atoms with van der Waals surface area (Å²) < 4.78 is 38.9. The highest BCUT2D eigenvalue weighted by molar-refractivity contribution is 7.98. The van der Waals surface area contributed by atoms with E-state index in [2.05, 4.69) is 0 Å². The zero-order valence-corrected chi connectivity index (χ0v) is 11.1. The summed E-state index contributed by atoms with van der Waals surface area (Å²) in [5.74, 6) is -0.615. The van der Waals surface area contributed by atoms with Crippen LogP contribution in [0.15, 0.2) is 29.2 Å². The Morgan fingerprint density at radius 3 is 2.39 bits per heavy atom. The standard InChI is InChI=1S/C13H13F3OS/c1-8-4-5-10(18-3)7-11(8)12(6-9(2)17)13(14,15)16/h4-7H,1-3H3/b12-6+. The summed E-state index contributed by atoms with van der Waals surface area (Å²) in [7, 11) is 0. The first-order valence-electron chi connectivity index (χ1n) is 5.20. The van der Waals surface area contributed by atoms with Crippen molar-refractivity contribution in [1.29, 1.82) is 0 Å². The Morgan fingerprint density at radius 1 is 1.33 bits per heavy atom. The fourth-order valence-corrected chi connectivity index (χ4v) is 1.97. The first kappa shape index (κ1) is 14.8. The summed E-state index contributed by atoms with van der Waals surface area (Å²) in [6.07, 6.45) is -2.10. The Morgan fingerprint density at radius 2 is 1.94 bits per heavy atom. The molecule has 0 radical (unpaired) electrons. The molecule has 18 heavy (non-hydrogen) atoms. The Labute approximate surface area is 108 Å². The van der Waals surface area contributed by atoms with Gasteiger partial charge < -0.3 is 0 Å². The van der Waals surface area contributed by atoms with Crippen LogP contribution in [0.1, 0.15) is 18.1 Å². The number of hydrogen-bond acceptors (Lipinski definition) is 2. The molecule has 1 nitrogen and oxygen atoms in total. The molecule has 5 heteroatoms. The SMILES string of the molecule is CSc1ccc(C)c(/C(=C\C(C)=O)C(F)(F)F)c1. The molecule has 0 spiro atoms. The van der Waals surface area contributed by atoms with Gasteiger partial charge in [0.05, 0.1) is 5.57 Å². The first-order chi connectivity index (χ1) is 8.25. The van der Waals surface area contributed by atoms with E-state index >= 15 is 0 Å². The highest BCUT2D eigenvalue weighted by atomic mass is 32.2. The molecule has 0 atom stereocenters. The number of carbonyl (C=O) groups is 1. The largest absolute Gasteiger partial charge is 0.417 e. The van der Waals surface area contributed by atoms with Gasteiger partial charge in [-0.1, -0.05) is 6.07 Å². The van der Waals surface area contributed by atoms with Crippen LogP contribution in [0.5, 0.6) is 0 Å². The van der Waals surface area contributed by atoms with Crippen molar-refractivity contribution >= 4 is 23.1 Å². The number of ketones is 1. The molecule has 1 aromatic rings. The van der Waals surface area contributed by atoms with Gasteiger partial charge in [-0.2, -0.15) is 13.2 Å². The normalized spacial score (nSPS) is 12.7. The highest BCUT2D eigenvalue weighted by Gasteiger charge is 2.35. The summed E-state index contributed by atoms with van der Waals surface area (Å²) in [6.45, 7) is 2.71. The number of aryl methyl sites for hydroxylation is 1. The minimum absolute atomic E-state index is 0.0598. The lowest BCUT2D eigenvalue weighted by Gasteiger charge is -2.15. The molecule has 0 fully saturated rings. The molecule has 0 amide bonds. The number of hydrogen-bond donors (Lipinski definition) is 0. The van der Waals surface area contributed by atoms with Gasteiger partial charge in [-0.05, 0) is 49.4 Å². The van der Waals surface area contributed by atoms with E-state index in [4.69, 9.17) is 0 Å². The zero-order chi connectivity index (χ0) is 13.9. The van der Waals surface area contributed by atoms with Crippen molar-refractivity contribution in [3.8, 4) is 0 Å². The molecular formula is C13H13F3OS. The van der Waals surface area contributed by atoms with Crippen molar-refractivity contribution < 1.29 is 18.0 Å². The van der Waals surface area contributed by atoms with Crippen LogP contribution in [0.25, 0.3) is 5.57 Å². The van der Waals surface area contributed by atoms with Gasteiger partial charge in [0, 0.05) is 4.90 Å². The molecule has 0 aromatic heterocycles. The van der Waals surface area contributed by atoms with Crippen molar-refractivity contribution in [2.45, 2.75) is 24.9 Å². The number of carbonyl (C=O) groups excluding carboxylic acids is 1. The van der Waals surface area contributed by atoms with E-state index in [1.54, 1.807) is 25.3 Å². The van der Waals surface area contributed by atoms with Crippen molar-refractivity contribution in [3.05, 3.63) is 35.4 Å². The number of allylic oxidation sites excluding steroid dienone is 2. The van der Waals surface area contributed by atoms with Crippen LogP contribution in [-0.2, 0) is 4.79 Å². The van der Waals surface area contributed by atoms with Gasteiger partial charge in [-0.3, -0.25) is 4.79 Å². The van der Waals surface area contributed by atoms with E-state index in [1.165, 1.54) is 17.8 Å². The summed E-state index contributed by atoms with van der Waals surface area (Å²) in [5.41, 5.74) is -0.328. The third-order valence-corrected chi connectivity index (χ3v) is 3.11. The smallest absolute Gasteiger partial charge is 0.295 e. The van der Waals surface area contributed by atoms with Crippen molar-refractivity contribution in [2.24, 2.45) is 0 Å². The molecule has 0 aliphatic carbocycles. The van der Waals surface area contributed by atoms with Gasteiger partial charge in [-0.15, -0.1) is 11.8 Å². The summed E-state index contributed by atoms with van der Waals surface area (Å²) >= 11 is 1.36. The summed E-state index contributed by atoms with van der Waals surface area (Å²) in [5, 5.41) is 0. The highest BCUT2D eigenvalue weighted by Crippen LogP contribution is 2.36. The molecule has 0 heterocycles. The van der Waals surface area contributed by atoms with Crippen LogP contribution >= 0.6 is 11.8 Å². The van der Waals surface area contributed by atoms with Crippen LogP contribution in [0.2, 0.25) is 0 Å². The molecule has 98 valence electrons. The second-order valence-corrected chi connectivity index (χ2v) is 4.73. The maximum Gasteiger partial charge on any atom is 0.417 e. The predicted molar refractivity (Wildman–Crippen MR) is 67.7 cm³/mol.